The van der Waals surface area contributed by atoms with Gasteiger partial charge in [-0.25, -0.2) is 13.7 Å². The van der Waals surface area contributed by atoms with Crippen LogP contribution in [0.1, 0.15) is 6.23 Å². The predicted molar refractivity (Wildman–Crippen MR) is 131 cm³/mol. The van der Waals surface area contributed by atoms with Crippen molar-refractivity contribution in [3.63, 3.8) is 0 Å². The maximum Gasteiger partial charge on any atom is 0.481 e. The SMILES string of the molecule is C=C[C@@]1(O)[C@H](O)[C@@H](COP(O)(=S)OP(=O)(O)OC2OC([C@@H](O)CO)C(O)C(O)C2O)O[C@H]1n1ccc(=O)[nH]c1=O. The lowest BCUT2D eigenvalue weighted by molar-refractivity contribution is -0.292. The molecular formula is C18H28N2O17P2S. The van der Waals surface area contributed by atoms with Gasteiger partial charge < -0.3 is 59.5 Å². The Morgan fingerprint density at radius 2 is 1.85 bits per heavy atom. The summed E-state index contributed by atoms with van der Waals surface area (Å²) < 4.78 is 37.6. The molecule has 0 radical (unpaired) electrons. The van der Waals surface area contributed by atoms with Crippen LogP contribution in [0, 0.1) is 0 Å². The van der Waals surface area contributed by atoms with Gasteiger partial charge >= 0.3 is 20.2 Å². The summed E-state index contributed by atoms with van der Waals surface area (Å²) in [4.78, 5) is 45.8. The minimum Gasteiger partial charge on any atom is -0.394 e. The highest BCUT2D eigenvalue weighted by Crippen LogP contribution is 2.62. The Morgan fingerprint density at radius 1 is 1.20 bits per heavy atom. The second kappa shape index (κ2) is 12.5. The van der Waals surface area contributed by atoms with Gasteiger partial charge in [0, 0.05) is 12.3 Å². The topological polar surface area (TPSA) is 300 Å². The summed E-state index contributed by atoms with van der Waals surface area (Å²) in [6.07, 6.45) is -15.3. The van der Waals surface area contributed by atoms with Gasteiger partial charge in [-0.3, -0.25) is 18.9 Å². The molecule has 12 atom stereocenters. The summed E-state index contributed by atoms with van der Waals surface area (Å²) in [6, 6.07) is 0.935. The molecule has 0 saturated carbocycles. The highest BCUT2D eigenvalue weighted by molar-refractivity contribution is 8.08. The molecule has 1 aromatic rings. The number of ether oxygens (including phenoxy) is 2. The van der Waals surface area contributed by atoms with Gasteiger partial charge in [0.2, 0.25) is 0 Å². The third kappa shape index (κ3) is 7.02. The number of phosphoric acid groups is 1. The Kier molecular flexibility index (Phi) is 10.4. The summed E-state index contributed by atoms with van der Waals surface area (Å²) in [5.41, 5.74) is -4.11. The van der Waals surface area contributed by atoms with Crippen molar-refractivity contribution in [1.29, 1.82) is 0 Å². The molecule has 0 amide bonds. The van der Waals surface area contributed by atoms with Crippen molar-refractivity contribution < 1.29 is 72.9 Å². The molecule has 228 valence electrons. The van der Waals surface area contributed by atoms with E-state index in [1.165, 1.54) is 0 Å². The predicted octanol–water partition coefficient (Wildman–Crippen LogP) is -4.76. The van der Waals surface area contributed by atoms with E-state index >= 15 is 0 Å². The maximum atomic E-state index is 12.5. The van der Waals surface area contributed by atoms with E-state index in [4.69, 9.17) is 19.1 Å². The third-order valence-electron chi connectivity index (χ3n) is 5.97. The minimum absolute atomic E-state index is 0.732. The van der Waals surface area contributed by atoms with E-state index in [-0.39, 0.29) is 0 Å². The molecule has 3 rings (SSSR count). The van der Waals surface area contributed by atoms with E-state index in [2.05, 4.69) is 27.2 Å². The van der Waals surface area contributed by atoms with E-state index in [1.807, 2.05) is 4.98 Å². The number of aliphatic hydroxyl groups is 7. The zero-order valence-electron chi connectivity index (χ0n) is 20.1. The number of hydrogen-bond acceptors (Lipinski definition) is 16. The molecule has 2 aliphatic heterocycles. The second-order valence-electron chi connectivity index (χ2n) is 8.69. The lowest BCUT2D eigenvalue weighted by Gasteiger charge is -2.41. The lowest BCUT2D eigenvalue weighted by Crippen LogP contribution is -2.61. The quantitative estimate of drug-likeness (QED) is 0.0803. The molecule has 2 aliphatic rings. The Balaban J connectivity index is 1.69. The smallest absolute Gasteiger partial charge is 0.394 e. The summed E-state index contributed by atoms with van der Waals surface area (Å²) in [6.45, 7) is -3.25. The zero-order valence-corrected chi connectivity index (χ0v) is 22.7. The normalized spacial score (nSPS) is 38.3. The van der Waals surface area contributed by atoms with Gasteiger partial charge in [-0.1, -0.05) is 12.7 Å². The van der Waals surface area contributed by atoms with Gasteiger partial charge in [-0.2, -0.15) is 0 Å². The number of hydrogen-bond donors (Lipinski definition) is 10. The monoisotopic (exact) mass is 638 g/mol. The summed E-state index contributed by atoms with van der Waals surface area (Å²) in [5, 5.41) is 70.1. The number of H-pyrrole nitrogens is 1. The molecule has 22 heteroatoms. The van der Waals surface area contributed by atoms with Gasteiger partial charge in [-0.05, 0) is 11.8 Å². The van der Waals surface area contributed by atoms with Crippen LogP contribution in [0.25, 0.3) is 0 Å². The largest absolute Gasteiger partial charge is 0.481 e. The second-order valence-corrected chi connectivity index (χ2v) is 13.1. The van der Waals surface area contributed by atoms with Gasteiger partial charge in [-0.15, -0.1) is 0 Å². The van der Waals surface area contributed by atoms with Crippen molar-refractivity contribution in [3.8, 4) is 0 Å². The third-order valence-corrected chi connectivity index (χ3v) is 9.49. The number of phosphoric ester groups is 1. The molecule has 3 heterocycles. The summed E-state index contributed by atoms with van der Waals surface area (Å²) in [7, 11) is -5.51. The van der Waals surface area contributed by atoms with Crippen molar-refractivity contribution >= 4 is 26.3 Å². The molecule has 19 nitrogen and oxygen atoms in total. The van der Waals surface area contributed by atoms with Crippen LogP contribution < -0.4 is 11.2 Å². The minimum atomic E-state index is -5.51. The molecule has 0 aromatic carbocycles. The molecule has 10 N–H and O–H groups in total. The number of rotatable bonds is 11. The van der Waals surface area contributed by atoms with Crippen LogP contribution in [0.2, 0.25) is 0 Å². The number of nitrogens with one attached hydrogen (secondary N) is 1. The molecule has 0 bridgehead atoms. The maximum absolute atomic E-state index is 12.5. The highest BCUT2D eigenvalue weighted by atomic mass is 32.5. The molecule has 2 fully saturated rings. The fraction of sp³-hybridized carbons (Fsp3) is 0.667. The highest BCUT2D eigenvalue weighted by Gasteiger charge is 2.55. The van der Waals surface area contributed by atoms with Crippen LogP contribution in [-0.2, 0) is 39.2 Å². The number of aromatic nitrogens is 2. The van der Waals surface area contributed by atoms with Crippen LogP contribution in [0.3, 0.4) is 0 Å². The van der Waals surface area contributed by atoms with E-state index in [0.717, 1.165) is 22.9 Å². The van der Waals surface area contributed by atoms with Crippen molar-refractivity contribution in [2.75, 3.05) is 13.2 Å². The van der Waals surface area contributed by atoms with Crippen molar-refractivity contribution in [3.05, 3.63) is 45.8 Å². The van der Waals surface area contributed by atoms with Gasteiger partial charge in [0.25, 0.3) is 5.56 Å². The molecule has 0 aliphatic carbocycles. The number of aliphatic hydroxyl groups excluding tert-OH is 6. The van der Waals surface area contributed by atoms with Crippen LogP contribution in [-0.4, -0.2) is 123 Å². The zero-order chi connectivity index (χ0) is 30.2. The van der Waals surface area contributed by atoms with Crippen LogP contribution in [0.15, 0.2) is 34.5 Å². The molecule has 40 heavy (non-hydrogen) atoms. The molecule has 0 spiro atoms. The molecule has 1 aromatic heterocycles. The average molecular weight is 638 g/mol. The van der Waals surface area contributed by atoms with E-state index < -0.39 is 99.9 Å². The Labute approximate surface area is 228 Å². The van der Waals surface area contributed by atoms with E-state index in [9.17, 15) is 54.6 Å². The first kappa shape index (κ1) is 33.2. The molecule has 7 unspecified atom stereocenters. The van der Waals surface area contributed by atoms with Crippen LogP contribution in [0.5, 0.6) is 0 Å². The fourth-order valence-corrected chi connectivity index (χ4v) is 7.00. The number of aromatic amines is 1. The summed E-state index contributed by atoms with van der Waals surface area (Å²) in [5.74, 6) is 0. The molecule has 2 saturated heterocycles. The summed E-state index contributed by atoms with van der Waals surface area (Å²) >= 11 is 4.66. The van der Waals surface area contributed by atoms with Crippen LogP contribution in [0.4, 0.5) is 0 Å². The van der Waals surface area contributed by atoms with Crippen molar-refractivity contribution in [2.45, 2.75) is 60.8 Å². The van der Waals surface area contributed by atoms with Gasteiger partial charge in [0.05, 0.1) is 13.2 Å². The fourth-order valence-electron chi connectivity index (χ4n) is 3.90. The first-order valence-electron chi connectivity index (χ1n) is 11.2. The Hall–Kier alpha value is -1.26. The van der Waals surface area contributed by atoms with E-state index in [0.29, 0.717) is 0 Å². The Morgan fingerprint density at radius 3 is 2.42 bits per heavy atom. The molecular weight excluding hydrogens is 610 g/mol. The van der Waals surface area contributed by atoms with Crippen molar-refractivity contribution in [2.24, 2.45) is 0 Å². The number of nitrogens with zero attached hydrogens (tertiary/aromatic N) is 1. The standard InChI is InChI=1S/C18H28N2O17P2S/c1-2-18(29)14(27)8(34-16(18)20-4-3-9(23)19-17(20)28)6-33-39(32,40)37-38(30,31)36-15-12(26)10(24)11(25)13(35-15)7(22)5-21/h2-4,7-8,10-16,21-22,24-27,29H,1,5-6H2,(H,30,31)(H,32,40)(H,19,23,28)/t7-,8+,10?,11?,12?,13?,14+,15?,16+,18+,39?/m0/s1. The van der Waals surface area contributed by atoms with Gasteiger partial charge in [0.1, 0.15) is 42.7 Å². The van der Waals surface area contributed by atoms with Gasteiger partial charge in [0.15, 0.2) is 18.1 Å². The average Bonchev–Trinajstić information content (AvgIpc) is 3.12. The first-order chi connectivity index (χ1) is 18.5. The van der Waals surface area contributed by atoms with Crippen molar-refractivity contribution in [1.82, 2.24) is 9.55 Å². The Bertz CT molecular complexity index is 1280. The lowest BCUT2D eigenvalue weighted by atomic mass is 9.94. The van der Waals surface area contributed by atoms with E-state index in [1.54, 1.807) is 0 Å². The first-order valence-corrected chi connectivity index (χ1v) is 15.2. The van der Waals surface area contributed by atoms with Crippen LogP contribution >= 0.6 is 14.5 Å².